The van der Waals surface area contributed by atoms with Crippen LogP contribution in [0.25, 0.3) is 0 Å². The molecule has 1 atom stereocenters. The first-order valence-electron chi connectivity index (χ1n) is 5.50. The van der Waals surface area contributed by atoms with Gasteiger partial charge in [-0.1, -0.05) is 6.07 Å². The molecule has 1 aromatic rings. The van der Waals surface area contributed by atoms with Crippen LogP contribution < -0.4 is 10.1 Å². The van der Waals surface area contributed by atoms with Crippen LogP contribution in [0, 0.1) is 10.1 Å². The van der Waals surface area contributed by atoms with E-state index in [0.717, 1.165) is 6.07 Å². The number of aliphatic hydroxyl groups excluding tert-OH is 1. The van der Waals surface area contributed by atoms with Crippen molar-refractivity contribution >= 4 is 11.6 Å². The molecular weight excluding hydrogens is 278 g/mol. The Morgan fingerprint density at radius 3 is 2.80 bits per heavy atom. The lowest BCUT2D eigenvalue weighted by Crippen LogP contribution is -2.38. The molecule has 1 aromatic carbocycles. The van der Waals surface area contributed by atoms with Crippen LogP contribution in [0.2, 0.25) is 0 Å². The number of aliphatic hydroxyl groups is 1. The number of nitrogens with one attached hydrogen (secondary N) is 1. The summed E-state index contributed by atoms with van der Waals surface area (Å²) in [7, 11) is 0. The topological polar surface area (TPSA) is 102 Å². The summed E-state index contributed by atoms with van der Waals surface area (Å²) in [5.41, 5.74) is -0.198. The van der Waals surface area contributed by atoms with Crippen molar-refractivity contribution in [3.8, 4) is 5.75 Å². The van der Waals surface area contributed by atoms with Gasteiger partial charge < -0.3 is 15.2 Å². The highest BCUT2D eigenvalue weighted by atomic mass is 19.3. The molecule has 0 radical (unpaired) electrons. The smallest absolute Gasteiger partial charge is 0.273 e. The van der Waals surface area contributed by atoms with Gasteiger partial charge in [0.05, 0.1) is 11.0 Å². The molecule has 0 spiro atoms. The van der Waals surface area contributed by atoms with Crippen molar-refractivity contribution in [3.63, 3.8) is 0 Å². The van der Waals surface area contributed by atoms with Gasteiger partial charge in [0.2, 0.25) is 0 Å². The molecule has 0 saturated heterocycles. The predicted octanol–water partition coefficient (Wildman–Crippen LogP) is 0.716. The third-order valence-electron chi connectivity index (χ3n) is 2.20. The van der Waals surface area contributed by atoms with Crippen LogP contribution in [0.1, 0.15) is 0 Å². The summed E-state index contributed by atoms with van der Waals surface area (Å²) >= 11 is 0. The van der Waals surface area contributed by atoms with Gasteiger partial charge in [0.25, 0.3) is 18.0 Å². The van der Waals surface area contributed by atoms with E-state index in [4.69, 9.17) is 9.84 Å². The zero-order valence-electron chi connectivity index (χ0n) is 10.2. The average Bonchev–Trinajstić information content (AvgIpc) is 2.42. The van der Waals surface area contributed by atoms with Gasteiger partial charge in [0, 0.05) is 12.6 Å². The van der Waals surface area contributed by atoms with Crippen molar-refractivity contribution in [3.05, 3.63) is 34.4 Å². The van der Waals surface area contributed by atoms with Gasteiger partial charge in [0.1, 0.15) is 11.9 Å². The Morgan fingerprint density at radius 1 is 1.50 bits per heavy atom. The zero-order valence-corrected chi connectivity index (χ0v) is 10.2. The summed E-state index contributed by atoms with van der Waals surface area (Å²) in [6.45, 7) is -1.11. The summed E-state index contributed by atoms with van der Waals surface area (Å²) in [5.74, 6) is -0.625. The molecule has 0 aromatic heterocycles. The van der Waals surface area contributed by atoms with Crippen LogP contribution in [0.15, 0.2) is 24.3 Å². The lowest BCUT2D eigenvalue weighted by Gasteiger charge is -2.11. The monoisotopic (exact) mass is 290 g/mol. The summed E-state index contributed by atoms with van der Waals surface area (Å²) in [6, 6.07) is 5.17. The molecule has 0 aliphatic heterocycles. The van der Waals surface area contributed by atoms with Crippen molar-refractivity contribution in [2.24, 2.45) is 0 Å². The molecule has 0 saturated carbocycles. The summed E-state index contributed by atoms with van der Waals surface area (Å²) < 4.78 is 28.9. The number of hydrogen-bond acceptors (Lipinski definition) is 5. The minimum Gasteiger partial charge on any atom is -0.484 e. The number of nitro groups is 1. The summed E-state index contributed by atoms with van der Waals surface area (Å²) in [6.07, 6.45) is -4.90. The number of alkyl halides is 2. The second-order valence-corrected chi connectivity index (χ2v) is 3.75. The van der Waals surface area contributed by atoms with E-state index < -0.39 is 36.5 Å². The van der Waals surface area contributed by atoms with E-state index in [2.05, 4.69) is 0 Å². The molecule has 7 nitrogen and oxygen atoms in total. The van der Waals surface area contributed by atoms with E-state index in [-0.39, 0.29) is 11.4 Å². The van der Waals surface area contributed by atoms with Gasteiger partial charge in [-0.3, -0.25) is 14.9 Å². The summed E-state index contributed by atoms with van der Waals surface area (Å²) in [4.78, 5) is 21.1. The van der Waals surface area contributed by atoms with Crippen LogP contribution in [0.4, 0.5) is 14.5 Å². The third kappa shape index (κ3) is 5.14. The number of amides is 1. The number of hydrogen-bond donors (Lipinski definition) is 2. The average molecular weight is 290 g/mol. The van der Waals surface area contributed by atoms with Gasteiger partial charge in [-0.2, -0.15) is 0 Å². The van der Waals surface area contributed by atoms with Crippen molar-refractivity contribution in [2.45, 2.75) is 12.5 Å². The van der Waals surface area contributed by atoms with E-state index in [1.807, 2.05) is 5.32 Å². The number of carbonyl (C=O) groups excluding carboxylic acids is 1. The molecular formula is C11H12F2N2O5. The maximum Gasteiger partial charge on any atom is 0.273 e. The number of halogens is 2. The lowest BCUT2D eigenvalue weighted by atomic mass is 10.3. The van der Waals surface area contributed by atoms with E-state index in [1.165, 1.54) is 18.2 Å². The second kappa shape index (κ2) is 7.34. The Labute approximate surface area is 112 Å². The number of rotatable bonds is 7. The van der Waals surface area contributed by atoms with Crippen molar-refractivity contribution in [1.29, 1.82) is 0 Å². The summed E-state index contributed by atoms with van der Waals surface area (Å²) in [5, 5.41) is 21.3. The molecule has 110 valence electrons. The second-order valence-electron chi connectivity index (χ2n) is 3.75. The van der Waals surface area contributed by atoms with Gasteiger partial charge in [-0.05, 0) is 6.07 Å². The Balaban J connectivity index is 2.41. The van der Waals surface area contributed by atoms with Crippen LogP contribution in [0.3, 0.4) is 0 Å². The number of ether oxygens (including phenoxy) is 1. The van der Waals surface area contributed by atoms with E-state index >= 15 is 0 Å². The highest BCUT2D eigenvalue weighted by Crippen LogP contribution is 2.18. The largest absolute Gasteiger partial charge is 0.484 e. The Kier molecular flexibility index (Phi) is 5.78. The highest BCUT2D eigenvalue weighted by molar-refractivity contribution is 5.77. The molecule has 1 amide bonds. The molecule has 2 N–H and O–H groups in total. The van der Waals surface area contributed by atoms with Gasteiger partial charge in [0.15, 0.2) is 6.61 Å². The van der Waals surface area contributed by atoms with Crippen molar-refractivity contribution < 1.29 is 28.3 Å². The van der Waals surface area contributed by atoms with Crippen LogP contribution >= 0.6 is 0 Å². The number of carbonyl (C=O) groups is 1. The SMILES string of the molecule is O=C(COc1cccc([N+](=O)[O-])c1)NCC(O)C(F)F. The van der Waals surface area contributed by atoms with Gasteiger partial charge in [-0.15, -0.1) is 0 Å². The maximum atomic E-state index is 12.0. The number of nitro benzene ring substituents is 1. The molecule has 1 unspecified atom stereocenters. The molecule has 0 heterocycles. The molecule has 0 fully saturated rings. The Bertz CT molecular complexity index is 484. The minimum absolute atomic E-state index is 0.101. The number of nitrogens with zero attached hydrogens (tertiary/aromatic N) is 1. The molecule has 9 heteroatoms. The zero-order chi connectivity index (χ0) is 15.1. The fourth-order valence-corrected chi connectivity index (χ4v) is 1.19. The molecule has 1 rings (SSSR count). The van der Waals surface area contributed by atoms with Crippen LogP contribution in [0.5, 0.6) is 5.75 Å². The molecule has 0 aliphatic rings. The molecule has 0 aliphatic carbocycles. The third-order valence-corrected chi connectivity index (χ3v) is 2.20. The quantitative estimate of drug-likeness (QED) is 0.569. The van der Waals surface area contributed by atoms with E-state index in [0.29, 0.717) is 0 Å². The van der Waals surface area contributed by atoms with E-state index in [9.17, 15) is 23.7 Å². The van der Waals surface area contributed by atoms with E-state index in [1.54, 1.807) is 0 Å². The van der Waals surface area contributed by atoms with Crippen molar-refractivity contribution in [2.75, 3.05) is 13.2 Å². The number of non-ortho nitro benzene ring substituents is 1. The van der Waals surface area contributed by atoms with Crippen LogP contribution in [-0.4, -0.2) is 41.6 Å². The first-order valence-corrected chi connectivity index (χ1v) is 5.50. The molecule has 20 heavy (non-hydrogen) atoms. The van der Waals surface area contributed by atoms with Crippen LogP contribution in [-0.2, 0) is 4.79 Å². The Hall–Kier alpha value is -2.29. The lowest BCUT2D eigenvalue weighted by molar-refractivity contribution is -0.384. The highest BCUT2D eigenvalue weighted by Gasteiger charge is 2.17. The first-order chi connectivity index (χ1) is 9.40. The molecule has 0 bridgehead atoms. The van der Waals surface area contributed by atoms with Gasteiger partial charge >= 0.3 is 0 Å². The fourth-order valence-electron chi connectivity index (χ4n) is 1.19. The van der Waals surface area contributed by atoms with Gasteiger partial charge in [-0.25, -0.2) is 8.78 Å². The van der Waals surface area contributed by atoms with Crippen molar-refractivity contribution in [1.82, 2.24) is 5.32 Å². The minimum atomic E-state index is -2.95. The number of benzene rings is 1. The predicted molar refractivity (Wildman–Crippen MR) is 63.6 cm³/mol. The fraction of sp³-hybridized carbons (Fsp3) is 0.364. The Morgan fingerprint density at radius 2 is 2.20 bits per heavy atom. The normalized spacial score (nSPS) is 12.0. The maximum absolute atomic E-state index is 12.0. The standard InChI is InChI=1S/C11H12F2N2O5/c12-11(13)9(16)5-14-10(17)6-20-8-3-1-2-7(4-8)15(18)19/h1-4,9,11,16H,5-6H2,(H,14,17). The first kappa shape index (κ1) is 15.8.